The minimum absolute atomic E-state index is 0.427. The monoisotopic (exact) mass is 266 g/mol. The van der Waals surface area contributed by atoms with Gasteiger partial charge in [-0.15, -0.1) is 0 Å². The highest BCUT2D eigenvalue weighted by Gasteiger charge is 2.03. The number of halogens is 1. The SMILES string of the molecule is Cc1cc(CNO)c2cc(Br)ccc2n1. The van der Waals surface area contributed by atoms with Gasteiger partial charge in [0.25, 0.3) is 0 Å². The van der Waals surface area contributed by atoms with Gasteiger partial charge in [0, 0.05) is 22.1 Å². The maximum atomic E-state index is 8.76. The van der Waals surface area contributed by atoms with Crippen LogP contribution in [0.3, 0.4) is 0 Å². The van der Waals surface area contributed by atoms with Crippen molar-refractivity contribution in [2.45, 2.75) is 13.5 Å². The molecule has 15 heavy (non-hydrogen) atoms. The van der Waals surface area contributed by atoms with Crippen molar-refractivity contribution in [2.24, 2.45) is 0 Å². The van der Waals surface area contributed by atoms with Gasteiger partial charge in [-0.25, -0.2) is 5.48 Å². The van der Waals surface area contributed by atoms with E-state index < -0.39 is 0 Å². The lowest BCUT2D eigenvalue weighted by Gasteiger charge is -2.07. The van der Waals surface area contributed by atoms with Gasteiger partial charge >= 0.3 is 0 Å². The topological polar surface area (TPSA) is 45.1 Å². The second-order valence-corrected chi connectivity index (χ2v) is 4.33. The molecule has 0 aliphatic rings. The van der Waals surface area contributed by atoms with E-state index >= 15 is 0 Å². The highest BCUT2D eigenvalue weighted by atomic mass is 79.9. The van der Waals surface area contributed by atoms with E-state index in [9.17, 15) is 0 Å². The molecule has 2 N–H and O–H groups in total. The normalized spacial score (nSPS) is 10.9. The zero-order valence-electron chi connectivity index (χ0n) is 8.29. The number of fused-ring (bicyclic) bond motifs is 1. The van der Waals surface area contributed by atoms with Gasteiger partial charge < -0.3 is 5.21 Å². The van der Waals surface area contributed by atoms with E-state index in [-0.39, 0.29) is 0 Å². The van der Waals surface area contributed by atoms with Gasteiger partial charge in [0.15, 0.2) is 0 Å². The molecule has 1 aromatic heterocycles. The molecule has 1 aromatic carbocycles. The molecule has 78 valence electrons. The third-order valence-electron chi connectivity index (χ3n) is 2.25. The highest BCUT2D eigenvalue weighted by Crippen LogP contribution is 2.22. The fourth-order valence-corrected chi connectivity index (χ4v) is 2.01. The average Bonchev–Trinajstić information content (AvgIpc) is 2.19. The Morgan fingerprint density at radius 1 is 1.40 bits per heavy atom. The number of hydrogen-bond donors (Lipinski definition) is 2. The third kappa shape index (κ3) is 2.17. The summed E-state index contributed by atoms with van der Waals surface area (Å²) in [6, 6.07) is 7.91. The fraction of sp³-hybridized carbons (Fsp3) is 0.182. The van der Waals surface area contributed by atoms with Crippen LogP contribution in [0.4, 0.5) is 0 Å². The molecule has 4 heteroatoms. The molecule has 0 radical (unpaired) electrons. The Kier molecular flexibility index (Phi) is 3.00. The van der Waals surface area contributed by atoms with Crippen LogP contribution in [-0.2, 0) is 6.54 Å². The first-order valence-electron chi connectivity index (χ1n) is 4.63. The molecule has 1 heterocycles. The summed E-state index contributed by atoms with van der Waals surface area (Å²) in [6.45, 7) is 2.37. The Labute approximate surface area is 96.2 Å². The molecular weight excluding hydrogens is 256 g/mol. The Morgan fingerprint density at radius 3 is 2.93 bits per heavy atom. The van der Waals surface area contributed by atoms with Gasteiger partial charge in [0.1, 0.15) is 0 Å². The van der Waals surface area contributed by atoms with Crippen molar-refractivity contribution in [3.63, 3.8) is 0 Å². The summed E-state index contributed by atoms with van der Waals surface area (Å²) in [7, 11) is 0. The van der Waals surface area contributed by atoms with Gasteiger partial charge in [-0.1, -0.05) is 15.9 Å². The number of hydrogen-bond acceptors (Lipinski definition) is 3. The van der Waals surface area contributed by atoms with Crippen LogP contribution in [0.2, 0.25) is 0 Å². The van der Waals surface area contributed by atoms with Gasteiger partial charge in [-0.3, -0.25) is 4.98 Å². The van der Waals surface area contributed by atoms with Crippen molar-refractivity contribution in [2.75, 3.05) is 0 Å². The van der Waals surface area contributed by atoms with E-state index in [1.54, 1.807) is 0 Å². The number of aromatic nitrogens is 1. The number of hydroxylamine groups is 1. The Balaban J connectivity index is 2.70. The summed E-state index contributed by atoms with van der Waals surface area (Å²) in [6.07, 6.45) is 0. The van der Waals surface area contributed by atoms with Crippen molar-refractivity contribution >= 4 is 26.8 Å². The van der Waals surface area contributed by atoms with Crippen LogP contribution in [0, 0.1) is 6.92 Å². The largest absolute Gasteiger partial charge is 0.316 e. The number of nitrogens with one attached hydrogen (secondary N) is 1. The van der Waals surface area contributed by atoms with Crippen molar-refractivity contribution in [3.05, 3.63) is 40.0 Å². The molecule has 3 nitrogen and oxygen atoms in total. The maximum absolute atomic E-state index is 8.76. The van der Waals surface area contributed by atoms with Gasteiger partial charge in [-0.05, 0) is 36.8 Å². The first-order chi connectivity index (χ1) is 7.20. The lowest BCUT2D eigenvalue weighted by atomic mass is 10.1. The van der Waals surface area contributed by atoms with E-state index in [1.165, 1.54) is 0 Å². The number of benzene rings is 1. The van der Waals surface area contributed by atoms with E-state index in [2.05, 4.69) is 26.4 Å². The molecule has 0 saturated heterocycles. The van der Waals surface area contributed by atoms with E-state index in [0.29, 0.717) is 6.54 Å². The van der Waals surface area contributed by atoms with Gasteiger partial charge in [0.2, 0.25) is 0 Å². The zero-order chi connectivity index (χ0) is 10.8. The fourth-order valence-electron chi connectivity index (χ4n) is 1.65. The minimum Gasteiger partial charge on any atom is -0.316 e. The lowest BCUT2D eigenvalue weighted by molar-refractivity contribution is 0.161. The molecule has 2 aromatic rings. The summed E-state index contributed by atoms with van der Waals surface area (Å²) in [5, 5.41) is 9.81. The second-order valence-electron chi connectivity index (χ2n) is 3.42. The quantitative estimate of drug-likeness (QED) is 0.822. The Hall–Kier alpha value is -0.970. The number of rotatable bonds is 2. The van der Waals surface area contributed by atoms with Crippen molar-refractivity contribution < 1.29 is 5.21 Å². The van der Waals surface area contributed by atoms with E-state index in [1.807, 2.05) is 31.2 Å². The van der Waals surface area contributed by atoms with Crippen LogP contribution >= 0.6 is 15.9 Å². The zero-order valence-corrected chi connectivity index (χ0v) is 9.87. The molecule has 0 spiro atoms. The first kappa shape index (κ1) is 10.5. The van der Waals surface area contributed by atoms with Crippen LogP contribution in [0.25, 0.3) is 10.9 Å². The number of pyridine rings is 1. The van der Waals surface area contributed by atoms with E-state index in [4.69, 9.17) is 5.21 Å². The standard InChI is InChI=1S/C11H11BrN2O/c1-7-4-8(6-13-15)10-5-9(12)2-3-11(10)14-7/h2-5,13,15H,6H2,1H3. The number of nitrogens with zero attached hydrogens (tertiary/aromatic N) is 1. The van der Waals surface area contributed by atoms with Crippen LogP contribution < -0.4 is 5.48 Å². The molecule has 0 unspecified atom stereocenters. The molecular formula is C11H11BrN2O. The Bertz CT molecular complexity index is 499. The summed E-state index contributed by atoms with van der Waals surface area (Å²) in [5.41, 5.74) is 5.12. The molecule has 0 atom stereocenters. The van der Waals surface area contributed by atoms with Gasteiger partial charge in [0.05, 0.1) is 5.52 Å². The summed E-state index contributed by atoms with van der Waals surface area (Å²) < 4.78 is 1.01. The highest BCUT2D eigenvalue weighted by molar-refractivity contribution is 9.10. The molecule has 0 saturated carbocycles. The smallest absolute Gasteiger partial charge is 0.0709 e. The van der Waals surface area contributed by atoms with Crippen LogP contribution in [0.5, 0.6) is 0 Å². The van der Waals surface area contributed by atoms with Crippen LogP contribution in [0.1, 0.15) is 11.3 Å². The minimum atomic E-state index is 0.427. The first-order valence-corrected chi connectivity index (χ1v) is 5.43. The van der Waals surface area contributed by atoms with E-state index in [0.717, 1.165) is 26.6 Å². The van der Waals surface area contributed by atoms with Crippen molar-refractivity contribution in [1.82, 2.24) is 10.5 Å². The number of aryl methyl sites for hydroxylation is 1. The second kappa shape index (κ2) is 4.26. The Morgan fingerprint density at radius 2 is 2.20 bits per heavy atom. The summed E-state index contributed by atoms with van der Waals surface area (Å²) in [5.74, 6) is 0. The average molecular weight is 267 g/mol. The predicted octanol–water partition coefficient (Wildman–Crippen LogP) is 2.78. The maximum Gasteiger partial charge on any atom is 0.0709 e. The van der Waals surface area contributed by atoms with Crippen LogP contribution in [0.15, 0.2) is 28.7 Å². The predicted molar refractivity (Wildman–Crippen MR) is 62.8 cm³/mol. The molecule has 2 rings (SSSR count). The van der Waals surface area contributed by atoms with Gasteiger partial charge in [-0.2, -0.15) is 0 Å². The summed E-state index contributed by atoms with van der Waals surface area (Å²) >= 11 is 3.43. The molecule has 0 aliphatic heterocycles. The summed E-state index contributed by atoms with van der Waals surface area (Å²) in [4.78, 5) is 4.43. The van der Waals surface area contributed by atoms with Crippen molar-refractivity contribution in [1.29, 1.82) is 0 Å². The third-order valence-corrected chi connectivity index (χ3v) is 2.75. The molecule has 0 bridgehead atoms. The molecule has 0 fully saturated rings. The van der Waals surface area contributed by atoms with Crippen molar-refractivity contribution in [3.8, 4) is 0 Å². The molecule has 0 aliphatic carbocycles. The van der Waals surface area contributed by atoms with Crippen LogP contribution in [-0.4, -0.2) is 10.2 Å². The molecule has 0 amide bonds. The lowest BCUT2D eigenvalue weighted by Crippen LogP contribution is -2.07.